The molecule has 0 aliphatic carbocycles. The molecule has 0 N–H and O–H groups in total. The Hall–Kier alpha value is -3.08. The fraction of sp³-hybridized carbons (Fsp3) is 0.304. The van der Waals surface area contributed by atoms with Crippen molar-refractivity contribution >= 4 is 22.7 Å². The minimum Gasteiger partial charge on any atom is -0.273 e. The van der Waals surface area contributed by atoms with Gasteiger partial charge < -0.3 is 0 Å². The van der Waals surface area contributed by atoms with Gasteiger partial charge in [0.2, 0.25) is 5.91 Å². The Kier molecular flexibility index (Phi) is 4.90. The van der Waals surface area contributed by atoms with Crippen LogP contribution in [0.3, 0.4) is 0 Å². The van der Waals surface area contributed by atoms with Gasteiger partial charge in [0.1, 0.15) is 0 Å². The molecule has 0 saturated carbocycles. The molecule has 4 rings (SSSR count). The number of rotatable bonds is 4. The Morgan fingerprint density at radius 3 is 2.46 bits per heavy atom. The van der Waals surface area contributed by atoms with E-state index in [1.54, 1.807) is 17.4 Å². The van der Waals surface area contributed by atoms with Crippen LogP contribution < -0.4 is 0 Å². The summed E-state index contributed by atoms with van der Waals surface area (Å²) in [7, 11) is 0. The number of hydrogen-bond acceptors (Lipinski definition) is 4. The van der Waals surface area contributed by atoms with E-state index >= 15 is 0 Å². The van der Waals surface area contributed by atoms with Gasteiger partial charge in [-0.25, -0.2) is 5.01 Å². The maximum atomic E-state index is 12.9. The van der Waals surface area contributed by atoms with Gasteiger partial charge in [-0.05, 0) is 35.2 Å². The van der Waals surface area contributed by atoms with Gasteiger partial charge in [-0.2, -0.15) is 5.10 Å². The van der Waals surface area contributed by atoms with Crippen molar-refractivity contribution in [1.82, 2.24) is 15.0 Å². The highest BCUT2D eigenvalue weighted by Crippen LogP contribution is 2.34. The van der Waals surface area contributed by atoms with Crippen molar-refractivity contribution in [3.05, 3.63) is 71.5 Å². The molecule has 5 nitrogen and oxygen atoms in total. The summed E-state index contributed by atoms with van der Waals surface area (Å²) in [6.45, 7) is 5.97. The summed E-state index contributed by atoms with van der Waals surface area (Å²) < 4.78 is 0. The molecule has 1 aromatic heterocycles. The van der Waals surface area contributed by atoms with Gasteiger partial charge in [-0.1, -0.05) is 51.1 Å². The topological polar surface area (TPSA) is 58.5 Å². The third-order valence-electron chi connectivity index (χ3n) is 5.20. The van der Waals surface area contributed by atoms with Crippen LogP contribution in [0.5, 0.6) is 0 Å². The summed E-state index contributed by atoms with van der Waals surface area (Å²) in [5.74, 6) is -0.0854. The number of carbonyl (C=O) groups is 1. The first-order valence-corrected chi connectivity index (χ1v) is 9.77. The normalized spacial score (nSPS) is 16.6. The monoisotopic (exact) mass is 372 g/mol. The van der Waals surface area contributed by atoms with E-state index in [0.29, 0.717) is 6.42 Å². The highest BCUT2D eigenvalue weighted by Gasteiger charge is 2.34. The predicted molar refractivity (Wildman–Crippen MR) is 111 cm³/mol. The number of aryl methyl sites for hydroxylation is 1. The van der Waals surface area contributed by atoms with Crippen molar-refractivity contribution in [3.63, 3.8) is 0 Å². The van der Waals surface area contributed by atoms with Crippen LogP contribution in [-0.4, -0.2) is 26.6 Å². The van der Waals surface area contributed by atoms with Gasteiger partial charge >= 0.3 is 0 Å². The van der Waals surface area contributed by atoms with Crippen LogP contribution >= 0.6 is 0 Å². The molecular formula is C23H24N4O. The molecule has 142 valence electrons. The molecule has 3 aromatic rings. The van der Waals surface area contributed by atoms with Gasteiger partial charge in [-0.3, -0.25) is 14.8 Å². The van der Waals surface area contributed by atoms with Crippen LogP contribution in [0.2, 0.25) is 0 Å². The summed E-state index contributed by atoms with van der Waals surface area (Å²) in [5, 5.41) is 6.40. The van der Waals surface area contributed by atoms with Crippen LogP contribution in [0.1, 0.15) is 49.9 Å². The maximum Gasteiger partial charge on any atom is 0.245 e. The van der Waals surface area contributed by atoms with E-state index < -0.39 is 0 Å². The second-order valence-electron chi connectivity index (χ2n) is 7.46. The number of carbonyl (C=O) groups excluding carboxylic acids is 1. The average Bonchev–Trinajstić information content (AvgIpc) is 3.18. The Labute approximate surface area is 165 Å². The lowest BCUT2D eigenvalue weighted by Crippen LogP contribution is -2.30. The first-order valence-electron chi connectivity index (χ1n) is 9.77. The number of fused-ring (bicyclic) bond motifs is 1. The standard InChI is InChI=1S/C23H24N4O/c1-4-16-5-7-17(8-6-16)20-14-22(27(26-20)23(28)15(2)3)18-9-10-19-21(13-18)25-12-11-24-19/h5-13,15,22H,4,14H2,1-3H3/t22-/m0/s1. The van der Waals surface area contributed by atoms with Crippen molar-refractivity contribution in [2.75, 3.05) is 0 Å². The summed E-state index contributed by atoms with van der Waals surface area (Å²) >= 11 is 0. The van der Waals surface area contributed by atoms with E-state index in [1.807, 2.05) is 32.0 Å². The summed E-state index contributed by atoms with van der Waals surface area (Å²) in [6, 6.07) is 14.4. The van der Waals surface area contributed by atoms with Crippen molar-refractivity contribution < 1.29 is 4.79 Å². The zero-order valence-electron chi connectivity index (χ0n) is 16.5. The van der Waals surface area contributed by atoms with E-state index in [1.165, 1.54) is 5.56 Å². The molecule has 5 heteroatoms. The van der Waals surface area contributed by atoms with Crippen LogP contribution in [-0.2, 0) is 11.2 Å². The van der Waals surface area contributed by atoms with Gasteiger partial charge in [-0.15, -0.1) is 0 Å². The molecule has 2 heterocycles. The quantitative estimate of drug-likeness (QED) is 0.676. The Morgan fingerprint density at radius 1 is 1.07 bits per heavy atom. The number of nitrogens with zero attached hydrogens (tertiary/aromatic N) is 4. The lowest BCUT2D eigenvalue weighted by molar-refractivity contribution is -0.136. The fourth-order valence-electron chi connectivity index (χ4n) is 3.53. The smallest absolute Gasteiger partial charge is 0.245 e. The van der Waals surface area contributed by atoms with E-state index in [4.69, 9.17) is 5.10 Å². The molecular weight excluding hydrogens is 348 g/mol. The molecule has 0 radical (unpaired) electrons. The molecule has 1 aliphatic heterocycles. The third kappa shape index (κ3) is 3.40. The van der Waals surface area contributed by atoms with Crippen molar-refractivity contribution in [3.8, 4) is 0 Å². The predicted octanol–water partition coefficient (Wildman–Crippen LogP) is 4.53. The number of hydrogen-bond donors (Lipinski definition) is 0. The fourth-order valence-corrected chi connectivity index (χ4v) is 3.53. The molecule has 0 saturated heterocycles. The van der Waals surface area contributed by atoms with Crippen LogP contribution in [0.15, 0.2) is 60.0 Å². The highest BCUT2D eigenvalue weighted by molar-refractivity contribution is 6.03. The minimum atomic E-state index is -0.123. The van der Waals surface area contributed by atoms with Crippen molar-refractivity contribution in [2.45, 2.75) is 39.7 Å². The molecule has 0 unspecified atom stereocenters. The number of hydrazone groups is 1. The first-order chi connectivity index (χ1) is 13.6. The molecule has 2 aromatic carbocycles. The van der Waals surface area contributed by atoms with Gasteiger partial charge in [0.15, 0.2) is 0 Å². The lowest BCUT2D eigenvalue weighted by Gasteiger charge is -2.23. The van der Waals surface area contributed by atoms with E-state index in [0.717, 1.165) is 34.3 Å². The molecule has 1 atom stereocenters. The maximum absolute atomic E-state index is 12.9. The van der Waals surface area contributed by atoms with Gasteiger partial charge in [0.05, 0.1) is 22.8 Å². The first kappa shape index (κ1) is 18.3. The minimum absolute atomic E-state index is 0.0319. The molecule has 0 spiro atoms. The van der Waals surface area contributed by atoms with Crippen LogP contribution in [0.25, 0.3) is 11.0 Å². The highest BCUT2D eigenvalue weighted by atomic mass is 16.2. The number of amides is 1. The summed E-state index contributed by atoms with van der Waals surface area (Å²) in [4.78, 5) is 21.6. The van der Waals surface area contributed by atoms with E-state index in [2.05, 4.69) is 41.2 Å². The molecule has 0 bridgehead atoms. The van der Waals surface area contributed by atoms with Crippen molar-refractivity contribution in [2.24, 2.45) is 11.0 Å². The molecule has 1 aliphatic rings. The Balaban J connectivity index is 1.71. The second-order valence-corrected chi connectivity index (χ2v) is 7.46. The van der Waals surface area contributed by atoms with E-state index in [-0.39, 0.29) is 17.9 Å². The van der Waals surface area contributed by atoms with Gasteiger partial charge in [0, 0.05) is 24.7 Å². The number of aromatic nitrogens is 2. The lowest BCUT2D eigenvalue weighted by atomic mass is 9.97. The van der Waals surface area contributed by atoms with Gasteiger partial charge in [0.25, 0.3) is 0 Å². The summed E-state index contributed by atoms with van der Waals surface area (Å²) in [5.41, 5.74) is 6.02. The SMILES string of the molecule is CCc1ccc(C2=NN(C(=O)C(C)C)[C@H](c3ccc4nccnc4c3)C2)cc1. The molecule has 0 fully saturated rings. The Morgan fingerprint density at radius 2 is 1.79 bits per heavy atom. The van der Waals surface area contributed by atoms with E-state index in [9.17, 15) is 4.79 Å². The van der Waals surface area contributed by atoms with Crippen LogP contribution in [0, 0.1) is 5.92 Å². The average molecular weight is 372 g/mol. The zero-order chi connectivity index (χ0) is 19.7. The number of benzene rings is 2. The van der Waals surface area contributed by atoms with Crippen LogP contribution in [0.4, 0.5) is 0 Å². The molecule has 28 heavy (non-hydrogen) atoms. The summed E-state index contributed by atoms with van der Waals surface area (Å²) in [6.07, 6.45) is 5.07. The van der Waals surface area contributed by atoms with Crippen molar-refractivity contribution in [1.29, 1.82) is 0 Å². The third-order valence-corrected chi connectivity index (χ3v) is 5.20. The second kappa shape index (κ2) is 7.50. The zero-order valence-corrected chi connectivity index (χ0v) is 16.5. The molecule has 1 amide bonds. The Bertz CT molecular complexity index is 1040. The largest absolute Gasteiger partial charge is 0.273 e.